The van der Waals surface area contributed by atoms with Gasteiger partial charge in [-0.25, -0.2) is 9.07 Å². The van der Waals surface area contributed by atoms with E-state index in [0.29, 0.717) is 6.07 Å². The maximum absolute atomic E-state index is 13.9. The van der Waals surface area contributed by atoms with Crippen LogP contribution in [0.15, 0.2) is 59.4 Å². The number of carbonyl (C=O) groups excluding carboxylic acids is 1. The second-order valence-corrected chi connectivity index (χ2v) is 7.92. The Morgan fingerprint density at radius 2 is 1.76 bits per heavy atom. The zero-order valence-electron chi connectivity index (χ0n) is 18.3. The Morgan fingerprint density at radius 1 is 1.06 bits per heavy atom. The summed E-state index contributed by atoms with van der Waals surface area (Å²) < 4.78 is 57.1. The summed E-state index contributed by atoms with van der Waals surface area (Å²) in [6.45, 7) is 2.92. The van der Waals surface area contributed by atoms with Crippen LogP contribution in [0.3, 0.4) is 0 Å². The smallest absolute Gasteiger partial charge is 0.350 e. The van der Waals surface area contributed by atoms with Crippen molar-refractivity contribution in [1.82, 2.24) is 19.7 Å². The first-order valence-corrected chi connectivity index (χ1v) is 10.3. The number of nitrogens with one attached hydrogen (secondary N) is 1. The van der Waals surface area contributed by atoms with Crippen LogP contribution in [0.4, 0.5) is 17.6 Å². The Hall–Kier alpha value is -3.95. The number of aryl methyl sites for hydroxylation is 2. The van der Waals surface area contributed by atoms with Crippen molar-refractivity contribution in [3.63, 3.8) is 0 Å². The lowest BCUT2D eigenvalue weighted by molar-refractivity contribution is -0.136. The number of pyridine rings is 1. The molecule has 10 heteroatoms. The molecule has 6 nitrogen and oxygen atoms in total. The molecular formula is C24H20F4N4O2. The fourth-order valence-corrected chi connectivity index (χ4v) is 3.73. The van der Waals surface area contributed by atoms with Gasteiger partial charge in [-0.05, 0) is 37.6 Å². The van der Waals surface area contributed by atoms with E-state index in [1.54, 1.807) is 0 Å². The van der Waals surface area contributed by atoms with E-state index in [-0.39, 0.29) is 29.0 Å². The highest BCUT2D eigenvalue weighted by Gasteiger charge is 2.36. The third-order valence-corrected chi connectivity index (χ3v) is 5.37. The van der Waals surface area contributed by atoms with E-state index in [9.17, 15) is 27.2 Å². The number of hydrogen-bond donors (Lipinski definition) is 1. The van der Waals surface area contributed by atoms with Crippen molar-refractivity contribution in [2.45, 2.75) is 33.1 Å². The number of hydrogen-bond acceptors (Lipinski definition) is 3. The van der Waals surface area contributed by atoms with E-state index < -0.39 is 35.6 Å². The highest BCUT2D eigenvalue weighted by atomic mass is 19.4. The molecule has 4 aromatic rings. The molecule has 4 rings (SSSR count). The Kier molecular flexibility index (Phi) is 5.99. The monoisotopic (exact) mass is 472 g/mol. The van der Waals surface area contributed by atoms with Crippen LogP contribution in [-0.2, 0) is 24.1 Å². The molecule has 2 aromatic carbocycles. The summed E-state index contributed by atoms with van der Waals surface area (Å²) in [4.78, 5) is 25.4. The van der Waals surface area contributed by atoms with Gasteiger partial charge in [-0.15, -0.1) is 0 Å². The van der Waals surface area contributed by atoms with Gasteiger partial charge in [0.2, 0.25) is 5.91 Å². The molecule has 0 saturated heterocycles. The van der Waals surface area contributed by atoms with Gasteiger partial charge in [0.1, 0.15) is 18.0 Å². The van der Waals surface area contributed by atoms with Crippen LogP contribution in [0, 0.1) is 19.7 Å². The van der Waals surface area contributed by atoms with E-state index in [0.717, 1.165) is 26.4 Å². The average Bonchev–Trinajstić information content (AvgIpc) is 3.11. The molecule has 0 radical (unpaired) electrons. The predicted molar refractivity (Wildman–Crippen MR) is 118 cm³/mol. The molecule has 0 aliphatic heterocycles. The first-order chi connectivity index (χ1) is 16.0. The van der Waals surface area contributed by atoms with E-state index in [2.05, 4.69) is 10.4 Å². The van der Waals surface area contributed by atoms with Gasteiger partial charge in [-0.3, -0.25) is 14.2 Å². The summed E-state index contributed by atoms with van der Waals surface area (Å²) in [7, 11) is 0. The lowest BCUT2D eigenvalue weighted by atomic mass is 10.1. The third-order valence-electron chi connectivity index (χ3n) is 5.37. The minimum Gasteiger partial charge on any atom is -0.350 e. The third kappa shape index (κ3) is 4.57. The molecule has 0 fully saturated rings. The average molecular weight is 472 g/mol. The molecule has 176 valence electrons. The van der Waals surface area contributed by atoms with Crippen LogP contribution < -0.4 is 10.9 Å². The fourth-order valence-electron chi connectivity index (χ4n) is 3.73. The van der Waals surface area contributed by atoms with Crippen molar-refractivity contribution in [1.29, 1.82) is 0 Å². The number of rotatable bonds is 5. The largest absolute Gasteiger partial charge is 0.417 e. The summed E-state index contributed by atoms with van der Waals surface area (Å²) in [5.41, 5.74) is -0.453. The van der Waals surface area contributed by atoms with E-state index in [4.69, 9.17) is 0 Å². The number of alkyl halides is 3. The zero-order valence-corrected chi connectivity index (χ0v) is 18.3. The van der Waals surface area contributed by atoms with Crippen LogP contribution in [-0.4, -0.2) is 20.3 Å². The molecule has 0 atom stereocenters. The van der Waals surface area contributed by atoms with Crippen LogP contribution in [0.25, 0.3) is 16.7 Å². The molecule has 2 aromatic heterocycles. The van der Waals surface area contributed by atoms with E-state index >= 15 is 0 Å². The lowest BCUT2D eigenvalue weighted by Crippen LogP contribution is -2.33. The van der Waals surface area contributed by atoms with Gasteiger partial charge < -0.3 is 5.32 Å². The number of aromatic nitrogens is 3. The lowest BCUT2D eigenvalue weighted by Gasteiger charge is -2.15. The minimum absolute atomic E-state index is 0.0135. The molecule has 34 heavy (non-hydrogen) atoms. The first kappa shape index (κ1) is 23.2. The van der Waals surface area contributed by atoms with Crippen molar-refractivity contribution in [2.75, 3.05) is 0 Å². The second-order valence-electron chi connectivity index (χ2n) is 7.92. The Bertz CT molecular complexity index is 1440. The molecule has 1 N–H and O–H groups in total. The normalized spacial score (nSPS) is 11.7. The van der Waals surface area contributed by atoms with Crippen molar-refractivity contribution in [3.05, 3.63) is 93.2 Å². The molecule has 0 aliphatic rings. The molecule has 0 aliphatic carbocycles. The molecule has 2 heterocycles. The summed E-state index contributed by atoms with van der Waals surface area (Å²) in [5, 5.41) is 6.48. The number of carbonyl (C=O) groups is 1. The second kappa shape index (κ2) is 8.77. The van der Waals surface area contributed by atoms with Gasteiger partial charge in [0.25, 0.3) is 5.56 Å². The number of fused-ring (bicyclic) bond motifs is 1. The van der Waals surface area contributed by atoms with Gasteiger partial charge in [0.15, 0.2) is 0 Å². The van der Waals surface area contributed by atoms with Gasteiger partial charge in [0, 0.05) is 12.6 Å². The van der Waals surface area contributed by atoms with Crippen molar-refractivity contribution >= 4 is 16.9 Å². The van der Waals surface area contributed by atoms with Gasteiger partial charge >= 0.3 is 6.18 Å². The Morgan fingerprint density at radius 3 is 2.41 bits per heavy atom. The van der Waals surface area contributed by atoms with Crippen LogP contribution >= 0.6 is 0 Å². The van der Waals surface area contributed by atoms with Crippen LogP contribution in [0.2, 0.25) is 0 Å². The van der Waals surface area contributed by atoms with E-state index in [1.807, 2.05) is 31.2 Å². The summed E-state index contributed by atoms with van der Waals surface area (Å²) in [6, 6.07) is 13.0. The highest BCUT2D eigenvalue weighted by Crippen LogP contribution is 2.36. The number of nitrogens with zero attached hydrogens (tertiary/aromatic N) is 3. The molecule has 0 bridgehead atoms. The molecule has 0 spiro atoms. The maximum Gasteiger partial charge on any atom is 0.417 e. The predicted octanol–water partition coefficient (Wildman–Crippen LogP) is 4.28. The molecule has 1 amide bonds. The fraction of sp³-hybridized carbons (Fsp3) is 0.208. The summed E-state index contributed by atoms with van der Waals surface area (Å²) in [6.07, 6.45) is -4.83. The summed E-state index contributed by atoms with van der Waals surface area (Å²) >= 11 is 0. The highest BCUT2D eigenvalue weighted by molar-refractivity contribution is 5.86. The van der Waals surface area contributed by atoms with Crippen LogP contribution in [0.1, 0.15) is 22.4 Å². The molecular weight excluding hydrogens is 452 g/mol. The summed E-state index contributed by atoms with van der Waals surface area (Å²) in [5.74, 6) is -1.20. The van der Waals surface area contributed by atoms with Crippen molar-refractivity contribution in [2.24, 2.45) is 0 Å². The Balaban J connectivity index is 1.81. The quantitative estimate of drug-likeness (QED) is 0.441. The maximum atomic E-state index is 13.9. The van der Waals surface area contributed by atoms with E-state index in [1.165, 1.54) is 25.1 Å². The zero-order chi connectivity index (χ0) is 24.6. The number of amides is 1. The Labute approximate surface area is 191 Å². The minimum atomic E-state index is -4.83. The van der Waals surface area contributed by atoms with Gasteiger partial charge in [0.05, 0.1) is 22.3 Å². The first-order valence-electron chi connectivity index (χ1n) is 10.3. The molecule has 0 saturated carbocycles. The standard InChI is InChI=1S/C24H20F4N4O2/c1-14-6-8-16(9-7-14)12-29-20(33)13-31-21(34)11-19(24(26,27)28)22-15(2)30-32(23(22)31)18-5-3-4-17(25)10-18/h3-11H,12-13H2,1-2H3,(H,29,33). The van der Waals surface area contributed by atoms with Crippen LogP contribution in [0.5, 0.6) is 0 Å². The molecule has 0 unspecified atom stereocenters. The topological polar surface area (TPSA) is 68.9 Å². The number of benzene rings is 2. The number of halogens is 4. The van der Waals surface area contributed by atoms with Gasteiger partial charge in [-0.2, -0.15) is 18.3 Å². The van der Waals surface area contributed by atoms with Gasteiger partial charge in [-0.1, -0.05) is 35.9 Å². The van der Waals surface area contributed by atoms with Crippen molar-refractivity contribution < 1.29 is 22.4 Å². The van der Waals surface area contributed by atoms with Crippen molar-refractivity contribution in [3.8, 4) is 5.69 Å². The SMILES string of the molecule is Cc1ccc(CNC(=O)Cn2c(=O)cc(C(F)(F)F)c3c(C)nn(-c4cccc(F)c4)c32)cc1.